The number of rotatable bonds is 4. The number of pyridine rings is 3. The SMILES string of the molecule is c1ccc(COc2cc(-c3cccnc3)c3c(n2)CCCC3)nc1. The molecule has 120 valence electrons. The summed E-state index contributed by atoms with van der Waals surface area (Å²) in [5, 5.41) is 0. The standard InChI is InChI=1S/C20H19N3O/c1-2-9-19-17(8-1)18(15-6-5-10-21-13-15)12-20(23-19)24-14-16-7-3-4-11-22-16/h3-7,10-13H,1-2,8-9,14H2. The van der Waals surface area contributed by atoms with Gasteiger partial charge in [0.1, 0.15) is 6.61 Å². The van der Waals surface area contributed by atoms with E-state index in [4.69, 9.17) is 9.72 Å². The fraction of sp³-hybridized carbons (Fsp3) is 0.250. The average Bonchev–Trinajstić information content (AvgIpc) is 2.67. The Hall–Kier alpha value is -2.75. The number of ether oxygens (including phenoxy) is 1. The van der Waals surface area contributed by atoms with Crippen molar-refractivity contribution in [3.05, 3.63) is 71.9 Å². The maximum atomic E-state index is 5.93. The Morgan fingerprint density at radius 3 is 2.79 bits per heavy atom. The normalized spacial score (nSPS) is 13.3. The molecule has 4 rings (SSSR count). The lowest BCUT2D eigenvalue weighted by Gasteiger charge is -2.20. The molecule has 0 aromatic carbocycles. The molecule has 0 fully saturated rings. The van der Waals surface area contributed by atoms with E-state index >= 15 is 0 Å². The minimum absolute atomic E-state index is 0.430. The predicted octanol–water partition coefficient (Wildman–Crippen LogP) is 4.00. The molecule has 4 nitrogen and oxygen atoms in total. The van der Waals surface area contributed by atoms with E-state index in [2.05, 4.69) is 16.0 Å². The van der Waals surface area contributed by atoms with Crippen molar-refractivity contribution in [2.75, 3.05) is 0 Å². The van der Waals surface area contributed by atoms with Crippen molar-refractivity contribution in [3.63, 3.8) is 0 Å². The third kappa shape index (κ3) is 3.13. The molecule has 0 atom stereocenters. The van der Waals surface area contributed by atoms with E-state index < -0.39 is 0 Å². The lowest BCUT2D eigenvalue weighted by molar-refractivity contribution is 0.288. The molecular formula is C20H19N3O. The predicted molar refractivity (Wildman–Crippen MR) is 92.7 cm³/mol. The molecule has 0 radical (unpaired) electrons. The fourth-order valence-electron chi connectivity index (χ4n) is 3.16. The second-order valence-electron chi connectivity index (χ2n) is 5.99. The quantitative estimate of drug-likeness (QED) is 0.730. The number of aromatic nitrogens is 3. The summed E-state index contributed by atoms with van der Waals surface area (Å²) in [6.07, 6.45) is 9.99. The Morgan fingerprint density at radius 1 is 1.00 bits per heavy atom. The third-order valence-corrected chi connectivity index (χ3v) is 4.34. The lowest BCUT2D eigenvalue weighted by atomic mass is 9.90. The average molecular weight is 317 g/mol. The van der Waals surface area contributed by atoms with Gasteiger partial charge in [-0.05, 0) is 55.0 Å². The van der Waals surface area contributed by atoms with Crippen molar-refractivity contribution in [2.24, 2.45) is 0 Å². The zero-order valence-electron chi connectivity index (χ0n) is 13.5. The molecule has 3 aromatic rings. The van der Waals surface area contributed by atoms with Crippen LogP contribution in [0.3, 0.4) is 0 Å². The zero-order valence-corrected chi connectivity index (χ0v) is 13.5. The van der Waals surface area contributed by atoms with Crippen molar-refractivity contribution in [3.8, 4) is 17.0 Å². The number of fused-ring (bicyclic) bond motifs is 1. The van der Waals surface area contributed by atoms with E-state index in [-0.39, 0.29) is 0 Å². The van der Waals surface area contributed by atoms with E-state index in [1.54, 1.807) is 12.4 Å². The number of aryl methyl sites for hydroxylation is 1. The molecule has 3 aromatic heterocycles. The van der Waals surface area contributed by atoms with E-state index in [1.165, 1.54) is 29.7 Å². The number of nitrogens with zero attached hydrogens (tertiary/aromatic N) is 3. The first-order valence-corrected chi connectivity index (χ1v) is 8.36. The van der Waals surface area contributed by atoms with Crippen LogP contribution in [0.2, 0.25) is 0 Å². The van der Waals surface area contributed by atoms with Gasteiger partial charge in [-0.15, -0.1) is 0 Å². The Bertz CT molecular complexity index is 819. The van der Waals surface area contributed by atoms with Gasteiger partial charge in [-0.25, -0.2) is 4.98 Å². The van der Waals surface area contributed by atoms with Crippen LogP contribution >= 0.6 is 0 Å². The molecule has 24 heavy (non-hydrogen) atoms. The van der Waals surface area contributed by atoms with Crippen LogP contribution in [0.5, 0.6) is 5.88 Å². The van der Waals surface area contributed by atoms with Crippen LogP contribution in [0.4, 0.5) is 0 Å². The van der Waals surface area contributed by atoms with E-state index in [0.717, 1.165) is 24.1 Å². The fourth-order valence-corrected chi connectivity index (χ4v) is 3.16. The summed E-state index contributed by atoms with van der Waals surface area (Å²) in [5.74, 6) is 0.667. The molecule has 0 unspecified atom stereocenters. The molecular weight excluding hydrogens is 298 g/mol. The lowest BCUT2D eigenvalue weighted by Crippen LogP contribution is -2.09. The third-order valence-electron chi connectivity index (χ3n) is 4.34. The van der Waals surface area contributed by atoms with Crippen LogP contribution in [0, 0.1) is 0 Å². The summed E-state index contributed by atoms with van der Waals surface area (Å²) < 4.78 is 5.93. The van der Waals surface area contributed by atoms with Gasteiger partial charge >= 0.3 is 0 Å². The van der Waals surface area contributed by atoms with Crippen LogP contribution in [0.1, 0.15) is 29.8 Å². The zero-order chi connectivity index (χ0) is 16.2. The summed E-state index contributed by atoms with van der Waals surface area (Å²) in [4.78, 5) is 13.3. The molecule has 3 heterocycles. The van der Waals surface area contributed by atoms with Gasteiger partial charge in [0.25, 0.3) is 0 Å². The maximum absolute atomic E-state index is 5.93. The number of hydrogen-bond donors (Lipinski definition) is 0. The number of hydrogen-bond acceptors (Lipinski definition) is 4. The molecule has 1 aliphatic carbocycles. The second-order valence-corrected chi connectivity index (χ2v) is 5.99. The Balaban J connectivity index is 1.68. The second kappa shape index (κ2) is 6.79. The molecule has 0 N–H and O–H groups in total. The van der Waals surface area contributed by atoms with E-state index in [9.17, 15) is 0 Å². The maximum Gasteiger partial charge on any atom is 0.214 e. The molecule has 0 saturated carbocycles. The van der Waals surface area contributed by atoms with Crippen molar-refractivity contribution in [1.82, 2.24) is 15.0 Å². The van der Waals surface area contributed by atoms with Crippen LogP contribution < -0.4 is 4.74 Å². The van der Waals surface area contributed by atoms with Gasteiger partial charge in [0, 0.05) is 35.9 Å². The molecule has 0 aliphatic heterocycles. The van der Waals surface area contributed by atoms with Gasteiger partial charge in [0.15, 0.2) is 0 Å². The smallest absolute Gasteiger partial charge is 0.214 e. The first-order valence-electron chi connectivity index (χ1n) is 8.36. The van der Waals surface area contributed by atoms with Crippen LogP contribution in [-0.4, -0.2) is 15.0 Å². The van der Waals surface area contributed by atoms with Crippen LogP contribution in [0.15, 0.2) is 55.0 Å². The summed E-state index contributed by atoms with van der Waals surface area (Å²) in [5.41, 5.74) is 5.74. The van der Waals surface area contributed by atoms with Crippen LogP contribution in [-0.2, 0) is 19.4 Å². The van der Waals surface area contributed by atoms with Gasteiger partial charge in [-0.1, -0.05) is 12.1 Å². The highest BCUT2D eigenvalue weighted by Gasteiger charge is 2.18. The monoisotopic (exact) mass is 317 g/mol. The Kier molecular flexibility index (Phi) is 4.19. The molecule has 0 spiro atoms. The molecule has 4 heteroatoms. The van der Waals surface area contributed by atoms with Crippen LogP contribution in [0.25, 0.3) is 11.1 Å². The minimum atomic E-state index is 0.430. The van der Waals surface area contributed by atoms with E-state index in [0.29, 0.717) is 12.5 Å². The van der Waals surface area contributed by atoms with Crippen molar-refractivity contribution >= 4 is 0 Å². The highest BCUT2D eigenvalue weighted by Crippen LogP contribution is 2.33. The largest absolute Gasteiger partial charge is 0.471 e. The molecule has 1 aliphatic rings. The molecule has 0 saturated heterocycles. The van der Waals surface area contributed by atoms with Gasteiger partial charge in [-0.2, -0.15) is 0 Å². The summed E-state index contributed by atoms with van der Waals surface area (Å²) in [6.45, 7) is 0.430. The first kappa shape index (κ1) is 14.8. The van der Waals surface area contributed by atoms with Gasteiger partial charge in [0.05, 0.1) is 5.69 Å². The minimum Gasteiger partial charge on any atom is -0.471 e. The topological polar surface area (TPSA) is 47.9 Å². The first-order chi connectivity index (χ1) is 11.9. The highest BCUT2D eigenvalue weighted by atomic mass is 16.5. The summed E-state index contributed by atoms with van der Waals surface area (Å²) >= 11 is 0. The van der Waals surface area contributed by atoms with Gasteiger partial charge in [0.2, 0.25) is 5.88 Å². The van der Waals surface area contributed by atoms with Gasteiger partial charge < -0.3 is 4.74 Å². The van der Waals surface area contributed by atoms with Crippen molar-refractivity contribution in [1.29, 1.82) is 0 Å². The Morgan fingerprint density at radius 2 is 1.96 bits per heavy atom. The van der Waals surface area contributed by atoms with E-state index in [1.807, 2.05) is 36.5 Å². The molecule has 0 bridgehead atoms. The van der Waals surface area contributed by atoms with Gasteiger partial charge in [-0.3, -0.25) is 9.97 Å². The van der Waals surface area contributed by atoms with Crippen molar-refractivity contribution < 1.29 is 4.74 Å². The highest BCUT2D eigenvalue weighted by molar-refractivity contribution is 5.68. The Labute approximate surface area is 141 Å². The van der Waals surface area contributed by atoms with Crippen molar-refractivity contribution in [2.45, 2.75) is 32.3 Å². The molecule has 0 amide bonds. The summed E-state index contributed by atoms with van der Waals surface area (Å²) in [7, 11) is 0. The summed E-state index contributed by atoms with van der Waals surface area (Å²) in [6, 6.07) is 11.9.